The van der Waals surface area contributed by atoms with E-state index in [9.17, 15) is 4.39 Å². The zero-order valence-electron chi connectivity index (χ0n) is 5.78. The normalized spacial score (nSPS) is 12.8. The van der Waals surface area contributed by atoms with Gasteiger partial charge < -0.3 is 0 Å². The first-order valence-corrected chi connectivity index (χ1v) is 2.70. The first-order valence-electron chi connectivity index (χ1n) is 2.90. The molecule has 0 aliphatic rings. The third-order valence-corrected chi connectivity index (χ3v) is 0.985. The summed E-state index contributed by atoms with van der Waals surface area (Å²) in [4.78, 5) is 3.28. The molecule has 1 rings (SSSR count). The first-order chi connectivity index (χ1) is 4.61. The molecule has 42 valence electrons. The minimum Gasteiger partial charge on any atom is -0.260 e. The molecule has 1 aromatic heterocycles. The van der Waals surface area contributed by atoms with Gasteiger partial charge in [-0.05, 0) is 22.0 Å². The van der Waals surface area contributed by atoms with Crippen molar-refractivity contribution in [3.63, 3.8) is 0 Å². The van der Waals surface area contributed by atoms with Gasteiger partial charge in [0.2, 0.25) is 0 Å². The van der Waals surface area contributed by atoms with Gasteiger partial charge in [-0.25, -0.2) is 4.39 Å². The number of nitrogens with zero attached hydrogens (tertiary/aromatic N) is 1. The molecule has 0 aromatic carbocycles. The lowest BCUT2D eigenvalue weighted by Crippen LogP contribution is -1.74. The van der Waals surface area contributed by atoms with Crippen molar-refractivity contribution in [2.24, 2.45) is 0 Å². The summed E-state index contributed by atoms with van der Waals surface area (Å²) in [6.45, 7) is 0. The fourth-order valence-electron chi connectivity index (χ4n) is 0.311. The Morgan fingerprint density at radius 3 is 3.12 bits per heavy atom. The molecule has 0 radical (unpaired) electrons. The van der Waals surface area contributed by atoms with Crippen LogP contribution in [0.2, 0.25) is 0 Å². The molecule has 8 heavy (non-hydrogen) atoms. The van der Waals surface area contributed by atoms with Crippen molar-refractivity contribution in [1.82, 2.24) is 4.98 Å². The highest BCUT2D eigenvalue weighted by Crippen LogP contribution is 2.06. The maximum atomic E-state index is 12.4. The molecule has 0 bridgehead atoms. The van der Waals surface area contributed by atoms with E-state index in [1.54, 1.807) is 0 Å². The summed E-state index contributed by atoms with van der Waals surface area (Å²) >= 11 is 2.91. The van der Waals surface area contributed by atoms with E-state index < -0.39 is 12.0 Å². The van der Waals surface area contributed by atoms with Gasteiger partial charge in [0.1, 0.15) is 5.82 Å². The van der Waals surface area contributed by atoms with Crippen molar-refractivity contribution >= 4 is 15.9 Å². The SMILES string of the molecule is [2H]c1nc([2H])c(Br)cc1F. The molecule has 1 aromatic rings. The Morgan fingerprint density at radius 1 is 1.75 bits per heavy atom. The van der Waals surface area contributed by atoms with Gasteiger partial charge in [-0.15, -0.1) is 0 Å². The van der Waals surface area contributed by atoms with Gasteiger partial charge >= 0.3 is 0 Å². The number of pyridine rings is 1. The second-order valence-electron chi connectivity index (χ2n) is 1.18. The van der Waals surface area contributed by atoms with Gasteiger partial charge in [0, 0.05) is 10.6 Å². The van der Waals surface area contributed by atoms with Crippen LogP contribution in [0.15, 0.2) is 22.9 Å². The highest BCUT2D eigenvalue weighted by atomic mass is 79.9. The van der Waals surface area contributed by atoms with E-state index in [1.807, 2.05) is 0 Å². The minimum absolute atomic E-state index is 0.119. The van der Waals surface area contributed by atoms with Gasteiger partial charge in [0.15, 0.2) is 0 Å². The Morgan fingerprint density at radius 2 is 2.50 bits per heavy atom. The van der Waals surface area contributed by atoms with Crippen molar-refractivity contribution in [2.75, 3.05) is 0 Å². The molecule has 0 spiro atoms. The summed E-state index contributed by atoms with van der Waals surface area (Å²) in [5, 5.41) is 0. The molecule has 0 aliphatic carbocycles. The van der Waals surface area contributed by atoms with E-state index in [0.717, 1.165) is 6.07 Å². The van der Waals surface area contributed by atoms with Crippen LogP contribution in [0, 0.1) is 5.82 Å². The average Bonchev–Trinajstić information content (AvgIpc) is 1.84. The molecule has 0 fully saturated rings. The van der Waals surface area contributed by atoms with Crippen molar-refractivity contribution < 1.29 is 7.13 Å². The standard InChI is InChI=1S/C5H3BrFN/c6-4-1-5(7)3-8-2-4/h1-3H/i2D,3D. The Labute approximate surface area is 57.5 Å². The molecule has 0 N–H and O–H groups in total. The first kappa shape index (κ1) is 3.56. The molecule has 0 unspecified atom stereocenters. The average molecular weight is 178 g/mol. The Hall–Kier alpha value is -0.440. The van der Waals surface area contributed by atoms with Gasteiger partial charge in [-0.2, -0.15) is 0 Å². The van der Waals surface area contributed by atoms with Crippen LogP contribution in [0.1, 0.15) is 2.74 Å². The van der Waals surface area contributed by atoms with Crippen LogP contribution < -0.4 is 0 Å². The van der Waals surface area contributed by atoms with E-state index in [2.05, 4.69) is 20.9 Å². The number of aromatic nitrogens is 1. The van der Waals surface area contributed by atoms with Crippen LogP contribution in [0.25, 0.3) is 0 Å². The zero-order valence-corrected chi connectivity index (χ0v) is 5.37. The lowest BCUT2D eigenvalue weighted by Gasteiger charge is -1.85. The predicted octanol–water partition coefficient (Wildman–Crippen LogP) is 1.98. The van der Waals surface area contributed by atoms with Crippen molar-refractivity contribution in [1.29, 1.82) is 0 Å². The van der Waals surface area contributed by atoms with Crippen LogP contribution in [0.3, 0.4) is 0 Å². The van der Waals surface area contributed by atoms with Crippen LogP contribution in [0.5, 0.6) is 0 Å². The number of rotatable bonds is 0. The lowest BCUT2D eigenvalue weighted by molar-refractivity contribution is 0.620. The maximum absolute atomic E-state index is 12.4. The van der Waals surface area contributed by atoms with Gasteiger partial charge in [0.25, 0.3) is 0 Å². The Kier molecular flexibility index (Phi) is 0.987. The Balaban J connectivity index is 3.28. The molecular formula is C5H3BrFN. The van der Waals surface area contributed by atoms with Crippen molar-refractivity contribution in [3.05, 3.63) is 28.7 Å². The summed E-state index contributed by atoms with van der Waals surface area (Å²) in [6, 6.07) is 1.05. The molecule has 3 heteroatoms. The summed E-state index contributed by atoms with van der Waals surface area (Å²) in [5.74, 6) is -0.720. The van der Waals surface area contributed by atoms with E-state index in [1.165, 1.54) is 0 Å². The summed E-state index contributed by atoms with van der Waals surface area (Å²) in [6.07, 6.45) is -0.611. The molecule has 0 amide bonds. The Bertz CT molecular complexity index is 216. The fourth-order valence-corrected chi connectivity index (χ4v) is 0.600. The minimum atomic E-state index is -0.720. The third-order valence-electron chi connectivity index (χ3n) is 0.579. The van der Waals surface area contributed by atoms with Gasteiger partial charge in [-0.1, -0.05) is 0 Å². The summed E-state index contributed by atoms with van der Waals surface area (Å²) < 4.78 is 26.5. The molecule has 0 aliphatic heterocycles. The van der Waals surface area contributed by atoms with Crippen LogP contribution in [0.4, 0.5) is 4.39 Å². The largest absolute Gasteiger partial charge is 0.260 e. The molecular weight excluding hydrogens is 173 g/mol. The van der Waals surface area contributed by atoms with E-state index >= 15 is 0 Å². The molecule has 1 heterocycles. The predicted molar refractivity (Wildman–Crippen MR) is 31.9 cm³/mol. The van der Waals surface area contributed by atoms with Crippen LogP contribution in [-0.4, -0.2) is 4.98 Å². The van der Waals surface area contributed by atoms with E-state index in [-0.39, 0.29) is 10.6 Å². The smallest absolute Gasteiger partial charge is 0.142 e. The highest BCUT2D eigenvalue weighted by molar-refractivity contribution is 9.10. The summed E-state index contributed by atoms with van der Waals surface area (Å²) in [7, 11) is 0. The molecule has 0 saturated heterocycles. The number of hydrogen-bond donors (Lipinski definition) is 0. The lowest BCUT2D eigenvalue weighted by atomic mass is 10.5. The molecule has 1 nitrogen and oxygen atoms in total. The van der Waals surface area contributed by atoms with E-state index in [4.69, 9.17) is 2.74 Å². The van der Waals surface area contributed by atoms with Crippen molar-refractivity contribution in [2.45, 2.75) is 0 Å². The monoisotopic (exact) mass is 177 g/mol. The van der Waals surface area contributed by atoms with Crippen LogP contribution >= 0.6 is 15.9 Å². The molecule has 0 atom stereocenters. The number of halogens is 2. The van der Waals surface area contributed by atoms with Crippen molar-refractivity contribution in [3.8, 4) is 0 Å². The fraction of sp³-hybridized carbons (Fsp3) is 0. The molecule has 0 saturated carbocycles. The zero-order chi connectivity index (χ0) is 7.72. The summed E-state index contributed by atoms with van der Waals surface area (Å²) in [5.41, 5.74) is 0. The second-order valence-corrected chi connectivity index (χ2v) is 2.03. The van der Waals surface area contributed by atoms with E-state index in [0.29, 0.717) is 0 Å². The quantitative estimate of drug-likeness (QED) is 0.591. The number of hydrogen-bond acceptors (Lipinski definition) is 1. The van der Waals surface area contributed by atoms with Gasteiger partial charge in [-0.3, -0.25) is 4.98 Å². The third kappa shape index (κ3) is 1.26. The van der Waals surface area contributed by atoms with Crippen LogP contribution in [-0.2, 0) is 0 Å². The maximum Gasteiger partial charge on any atom is 0.142 e. The topological polar surface area (TPSA) is 12.9 Å². The second kappa shape index (κ2) is 2.22. The van der Waals surface area contributed by atoms with Gasteiger partial charge in [0.05, 0.1) is 8.91 Å². The highest BCUT2D eigenvalue weighted by Gasteiger charge is 1.87.